The van der Waals surface area contributed by atoms with Crippen molar-refractivity contribution in [3.63, 3.8) is 0 Å². The number of hydrogen-bond donors (Lipinski definition) is 2. The Bertz CT molecular complexity index is 783. The minimum Gasteiger partial charge on any atom is -0.504 e. The Hall–Kier alpha value is -2.93. The number of hydrogen-bond acceptors (Lipinski definition) is 7. The first kappa shape index (κ1) is 18.4. The lowest BCUT2D eigenvalue weighted by molar-refractivity contribution is 0.0600. The Morgan fingerprint density at radius 3 is 1.96 bits per heavy atom. The number of carbonyl (C=O) groups is 1. The summed E-state index contributed by atoms with van der Waals surface area (Å²) in [7, 11) is 5.57. The number of rotatable bonds is 6. The lowest BCUT2D eigenvalue weighted by atomic mass is 9.97. The maximum absolute atomic E-state index is 11.9. The van der Waals surface area contributed by atoms with Gasteiger partial charge in [-0.15, -0.1) is 0 Å². The molecule has 0 aromatic heterocycles. The van der Waals surface area contributed by atoms with E-state index in [4.69, 9.17) is 18.9 Å². The molecule has 2 aromatic carbocycles. The zero-order valence-corrected chi connectivity index (χ0v) is 14.5. The molecular weight excluding hydrogens is 328 g/mol. The van der Waals surface area contributed by atoms with E-state index < -0.39 is 5.97 Å². The molecule has 134 valence electrons. The van der Waals surface area contributed by atoms with Gasteiger partial charge in [-0.1, -0.05) is 0 Å². The van der Waals surface area contributed by atoms with E-state index in [9.17, 15) is 15.0 Å². The molecule has 0 heterocycles. The van der Waals surface area contributed by atoms with Crippen LogP contribution in [0.4, 0.5) is 0 Å². The second kappa shape index (κ2) is 7.76. The zero-order valence-electron chi connectivity index (χ0n) is 14.5. The highest BCUT2D eigenvalue weighted by atomic mass is 16.5. The molecule has 25 heavy (non-hydrogen) atoms. The van der Waals surface area contributed by atoms with Gasteiger partial charge in [0, 0.05) is 18.2 Å². The van der Waals surface area contributed by atoms with Crippen molar-refractivity contribution in [3.05, 3.63) is 35.4 Å². The quantitative estimate of drug-likeness (QED) is 0.775. The fourth-order valence-corrected chi connectivity index (χ4v) is 2.48. The summed E-state index contributed by atoms with van der Waals surface area (Å²) in [6.45, 7) is 0.276. The number of benzene rings is 2. The molecule has 0 aliphatic heterocycles. The number of esters is 1. The van der Waals surface area contributed by atoms with E-state index >= 15 is 0 Å². The number of carbonyl (C=O) groups excluding carboxylic acids is 1. The van der Waals surface area contributed by atoms with E-state index in [-0.39, 0.29) is 46.3 Å². The summed E-state index contributed by atoms with van der Waals surface area (Å²) in [4.78, 5) is 11.9. The molecule has 7 nitrogen and oxygen atoms in total. The predicted octanol–water partition coefficient (Wildman–Crippen LogP) is 2.72. The molecule has 7 heteroatoms. The average molecular weight is 348 g/mol. The smallest absolute Gasteiger partial charge is 0.338 e. The van der Waals surface area contributed by atoms with Gasteiger partial charge in [0.15, 0.2) is 23.0 Å². The summed E-state index contributed by atoms with van der Waals surface area (Å²) < 4.78 is 20.1. The van der Waals surface area contributed by atoms with Crippen LogP contribution in [0.1, 0.15) is 15.9 Å². The highest BCUT2D eigenvalue weighted by Gasteiger charge is 2.21. The third kappa shape index (κ3) is 3.61. The minimum absolute atomic E-state index is 0.0772. The second-order valence-corrected chi connectivity index (χ2v) is 5.19. The first-order chi connectivity index (χ1) is 12.0. The molecule has 2 aromatic rings. The Morgan fingerprint density at radius 2 is 1.44 bits per heavy atom. The molecule has 0 aliphatic carbocycles. The maximum Gasteiger partial charge on any atom is 0.338 e. The van der Waals surface area contributed by atoms with Crippen molar-refractivity contribution in [2.75, 3.05) is 28.4 Å². The monoisotopic (exact) mass is 348 g/mol. The highest BCUT2D eigenvalue weighted by Crippen LogP contribution is 2.45. The lowest BCUT2D eigenvalue weighted by Gasteiger charge is -2.15. The van der Waals surface area contributed by atoms with Gasteiger partial charge in [-0.2, -0.15) is 0 Å². The molecule has 2 N–H and O–H groups in total. The van der Waals surface area contributed by atoms with Crippen LogP contribution in [0.15, 0.2) is 24.3 Å². The molecule has 0 unspecified atom stereocenters. The Morgan fingerprint density at radius 1 is 0.880 bits per heavy atom. The van der Waals surface area contributed by atoms with E-state index in [0.29, 0.717) is 5.56 Å². The van der Waals surface area contributed by atoms with Crippen LogP contribution < -0.4 is 9.47 Å². The van der Waals surface area contributed by atoms with Crippen LogP contribution in [-0.4, -0.2) is 44.6 Å². The Balaban J connectivity index is 2.75. The van der Waals surface area contributed by atoms with Crippen LogP contribution in [0, 0.1) is 0 Å². The SMILES string of the molecule is COCc1cc(OC)c(O)c(-c2cc(C(=O)OC)cc(OC)c2O)c1. The number of phenols is 2. The van der Waals surface area contributed by atoms with Gasteiger partial charge in [0.05, 0.1) is 33.5 Å². The van der Waals surface area contributed by atoms with Crippen molar-refractivity contribution in [1.29, 1.82) is 0 Å². The van der Waals surface area contributed by atoms with E-state index in [1.54, 1.807) is 12.1 Å². The van der Waals surface area contributed by atoms with Gasteiger partial charge in [0.2, 0.25) is 0 Å². The van der Waals surface area contributed by atoms with Gasteiger partial charge in [-0.05, 0) is 29.8 Å². The summed E-state index contributed by atoms with van der Waals surface area (Å²) in [6, 6.07) is 6.03. The van der Waals surface area contributed by atoms with Gasteiger partial charge < -0.3 is 29.2 Å². The summed E-state index contributed by atoms with van der Waals surface area (Å²) in [5.74, 6) is -0.706. The largest absolute Gasteiger partial charge is 0.504 e. The third-order valence-corrected chi connectivity index (χ3v) is 3.67. The molecule has 0 fully saturated rings. The standard InChI is InChI=1S/C18H20O7/c1-22-9-10-5-12(16(19)14(6-10)23-2)13-7-11(18(21)25-4)8-15(24-3)17(13)20/h5-8,19-20H,9H2,1-4H3. The highest BCUT2D eigenvalue weighted by molar-refractivity contribution is 5.94. The molecule has 0 spiro atoms. The molecular formula is C18H20O7. The number of ether oxygens (including phenoxy) is 4. The van der Waals surface area contributed by atoms with Gasteiger partial charge in [0.1, 0.15) is 0 Å². The van der Waals surface area contributed by atoms with Gasteiger partial charge in [-0.3, -0.25) is 0 Å². The molecule has 0 saturated heterocycles. The Kier molecular flexibility index (Phi) is 5.71. The van der Waals surface area contributed by atoms with Crippen LogP contribution in [0.3, 0.4) is 0 Å². The van der Waals surface area contributed by atoms with E-state index in [1.807, 2.05) is 0 Å². The van der Waals surface area contributed by atoms with E-state index in [0.717, 1.165) is 0 Å². The van der Waals surface area contributed by atoms with E-state index in [2.05, 4.69) is 0 Å². The molecule has 0 radical (unpaired) electrons. The van der Waals surface area contributed by atoms with Gasteiger partial charge in [-0.25, -0.2) is 4.79 Å². The number of methoxy groups -OCH3 is 4. The van der Waals surface area contributed by atoms with Crippen molar-refractivity contribution in [2.24, 2.45) is 0 Å². The molecule has 0 saturated carbocycles. The fourth-order valence-electron chi connectivity index (χ4n) is 2.48. The van der Waals surface area contributed by atoms with Crippen molar-refractivity contribution in [3.8, 4) is 34.1 Å². The molecule has 0 amide bonds. The summed E-state index contributed by atoms with van der Waals surface area (Å²) in [6.07, 6.45) is 0. The second-order valence-electron chi connectivity index (χ2n) is 5.19. The normalized spacial score (nSPS) is 10.4. The van der Waals surface area contributed by atoms with Crippen LogP contribution in [0.25, 0.3) is 11.1 Å². The maximum atomic E-state index is 11.9. The Labute approximate surface area is 145 Å². The predicted molar refractivity (Wildman–Crippen MR) is 90.4 cm³/mol. The van der Waals surface area contributed by atoms with Gasteiger partial charge >= 0.3 is 5.97 Å². The third-order valence-electron chi connectivity index (χ3n) is 3.67. The summed E-state index contributed by atoms with van der Waals surface area (Å²) >= 11 is 0. The number of aromatic hydroxyl groups is 2. The number of phenolic OH excluding ortho intramolecular Hbond substituents is 2. The van der Waals surface area contributed by atoms with Crippen LogP contribution >= 0.6 is 0 Å². The molecule has 2 rings (SSSR count). The van der Waals surface area contributed by atoms with Crippen LogP contribution in [-0.2, 0) is 16.1 Å². The first-order valence-corrected chi connectivity index (χ1v) is 7.35. The van der Waals surface area contributed by atoms with Crippen LogP contribution in [0.5, 0.6) is 23.0 Å². The van der Waals surface area contributed by atoms with Crippen molar-refractivity contribution < 1.29 is 34.0 Å². The topological polar surface area (TPSA) is 94.5 Å². The summed E-state index contributed by atoms with van der Waals surface area (Å²) in [5, 5.41) is 20.9. The molecule has 0 bridgehead atoms. The van der Waals surface area contributed by atoms with E-state index in [1.165, 1.54) is 40.6 Å². The fraction of sp³-hybridized carbons (Fsp3) is 0.278. The first-order valence-electron chi connectivity index (χ1n) is 7.35. The van der Waals surface area contributed by atoms with Gasteiger partial charge in [0.25, 0.3) is 0 Å². The van der Waals surface area contributed by atoms with Crippen molar-refractivity contribution in [1.82, 2.24) is 0 Å². The van der Waals surface area contributed by atoms with Crippen LogP contribution in [0.2, 0.25) is 0 Å². The van der Waals surface area contributed by atoms with Crippen molar-refractivity contribution >= 4 is 5.97 Å². The van der Waals surface area contributed by atoms with Crippen molar-refractivity contribution in [2.45, 2.75) is 6.61 Å². The molecule has 0 aliphatic rings. The lowest BCUT2D eigenvalue weighted by Crippen LogP contribution is -2.03. The minimum atomic E-state index is -0.598. The average Bonchev–Trinajstić information content (AvgIpc) is 2.62. The molecule has 0 atom stereocenters. The summed E-state index contributed by atoms with van der Waals surface area (Å²) in [5.41, 5.74) is 1.36. The zero-order chi connectivity index (χ0) is 18.6.